The van der Waals surface area contributed by atoms with E-state index in [2.05, 4.69) is 40.7 Å². The predicted octanol–water partition coefficient (Wildman–Crippen LogP) is 2.49. The zero-order valence-electron chi connectivity index (χ0n) is 11.1. The predicted molar refractivity (Wildman–Crippen MR) is 77.0 cm³/mol. The maximum absolute atomic E-state index is 4.32. The number of rotatable bonds is 7. The van der Waals surface area contributed by atoms with Crippen molar-refractivity contribution < 1.29 is 0 Å². The van der Waals surface area contributed by atoms with Crippen molar-refractivity contribution in [3.63, 3.8) is 0 Å². The minimum atomic E-state index is 0.641. The molecule has 0 aliphatic heterocycles. The van der Waals surface area contributed by atoms with Gasteiger partial charge in [0.1, 0.15) is 18.0 Å². The van der Waals surface area contributed by atoms with Crippen LogP contribution in [0.25, 0.3) is 0 Å². The molecular formula is C12H22N4S. The standard InChI is InChI=1S/C12H22N4S/c1-5-10-11(13-3)15-8-16-12(10)14-6-9(2)7-17-4/h8-9H,5-7H2,1-4H3,(H2,13,14,15,16). The third-order valence-corrected chi connectivity index (χ3v) is 3.51. The molecule has 0 aromatic carbocycles. The molecule has 4 nitrogen and oxygen atoms in total. The molecule has 0 saturated heterocycles. The van der Waals surface area contributed by atoms with E-state index in [4.69, 9.17) is 0 Å². The van der Waals surface area contributed by atoms with Gasteiger partial charge in [0.15, 0.2) is 0 Å². The summed E-state index contributed by atoms with van der Waals surface area (Å²) in [5, 5.41) is 6.52. The van der Waals surface area contributed by atoms with E-state index in [0.29, 0.717) is 5.92 Å². The first kappa shape index (κ1) is 14.1. The maximum atomic E-state index is 4.32. The fourth-order valence-corrected chi connectivity index (χ4v) is 2.42. The molecular weight excluding hydrogens is 232 g/mol. The second-order valence-electron chi connectivity index (χ2n) is 4.09. The van der Waals surface area contributed by atoms with Gasteiger partial charge >= 0.3 is 0 Å². The third kappa shape index (κ3) is 4.07. The van der Waals surface area contributed by atoms with Crippen LogP contribution in [0.3, 0.4) is 0 Å². The lowest BCUT2D eigenvalue weighted by molar-refractivity contribution is 0.698. The Balaban J connectivity index is 2.70. The van der Waals surface area contributed by atoms with Gasteiger partial charge in [-0.2, -0.15) is 11.8 Å². The Morgan fingerprint density at radius 2 is 2.06 bits per heavy atom. The van der Waals surface area contributed by atoms with Crippen LogP contribution in [-0.4, -0.2) is 35.6 Å². The van der Waals surface area contributed by atoms with Gasteiger partial charge in [-0.05, 0) is 24.3 Å². The van der Waals surface area contributed by atoms with Crippen LogP contribution in [0.4, 0.5) is 11.6 Å². The summed E-state index contributed by atoms with van der Waals surface area (Å²) >= 11 is 1.88. The van der Waals surface area contributed by atoms with Gasteiger partial charge in [-0.25, -0.2) is 9.97 Å². The second-order valence-corrected chi connectivity index (χ2v) is 5.01. The monoisotopic (exact) mass is 254 g/mol. The van der Waals surface area contributed by atoms with Crippen molar-refractivity contribution in [1.29, 1.82) is 0 Å². The molecule has 5 heteroatoms. The molecule has 0 amide bonds. The SMILES string of the molecule is CCc1c(NC)ncnc1NCC(C)CSC. The van der Waals surface area contributed by atoms with Crippen LogP contribution >= 0.6 is 11.8 Å². The summed E-state index contributed by atoms with van der Waals surface area (Å²) in [6.07, 6.45) is 4.67. The van der Waals surface area contributed by atoms with Crippen LogP contribution in [0.5, 0.6) is 0 Å². The maximum Gasteiger partial charge on any atom is 0.134 e. The van der Waals surface area contributed by atoms with Crippen molar-refractivity contribution in [3.05, 3.63) is 11.9 Å². The average molecular weight is 254 g/mol. The van der Waals surface area contributed by atoms with E-state index in [1.807, 2.05) is 18.8 Å². The zero-order valence-corrected chi connectivity index (χ0v) is 11.9. The van der Waals surface area contributed by atoms with Gasteiger partial charge in [0.25, 0.3) is 0 Å². The summed E-state index contributed by atoms with van der Waals surface area (Å²) in [5.74, 6) is 3.68. The van der Waals surface area contributed by atoms with Gasteiger partial charge in [-0.15, -0.1) is 0 Å². The normalized spacial score (nSPS) is 12.2. The Labute approximate surface area is 108 Å². The Hall–Kier alpha value is -0.970. The Bertz CT molecular complexity index is 343. The number of thioether (sulfide) groups is 1. The molecule has 0 fully saturated rings. The number of aromatic nitrogens is 2. The lowest BCUT2D eigenvalue weighted by Gasteiger charge is -2.15. The van der Waals surface area contributed by atoms with Crippen molar-refractivity contribution in [3.8, 4) is 0 Å². The Morgan fingerprint density at radius 1 is 1.35 bits per heavy atom. The molecule has 1 heterocycles. The molecule has 2 N–H and O–H groups in total. The highest BCUT2D eigenvalue weighted by Crippen LogP contribution is 2.20. The van der Waals surface area contributed by atoms with E-state index in [1.54, 1.807) is 6.33 Å². The number of hydrogen-bond donors (Lipinski definition) is 2. The Morgan fingerprint density at radius 3 is 2.65 bits per heavy atom. The van der Waals surface area contributed by atoms with Gasteiger partial charge in [0.2, 0.25) is 0 Å². The van der Waals surface area contributed by atoms with Crippen molar-refractivity contribution in [2.75, 3.05) is 36.2 Å². The minimum Gasteiger partial charge on any atom is -0.373 e. The quantitative estimate of drug-likeness (QED) is 0.783. The molecule has 1 atom stereocenters. The molecule has 96 valence electrons. The Kier molecular flexibility index (Phi) is 6.11. The molecule has 0 saturated carbocycles. The number of nitrogens with zero attached hydrogens (tertiary/aromatic N) is 2. The summed E-state index contributed by atoms with van der Waals surface area (Å²) < 4.78 is 0. The lowest BCUT2D eigenvalue weighted by Crippen LogP contribution is -2.16. The van der Waals surface area contributed by atoms with Crippen molar-refractivity contribution in [2.24, 2.45) is 5.92 Å². The van der Waals surface area contributed by atoms with Crippen molar-refractivity contribution >= 4 is 23.4 Å². The molecule has 0 spiro atoms. The van der Waals surface area contributed by atoms with Gasteiger partial charge in [-0.1, -0.05) is 13.8 Å². The van der Waals surface area contributed by atoms with E-state index in [0.717, 1.165) is 30.2 Å². The fraction of sp³-hybridized carbons (Fsp3) is 0.667. The molecule has 0 aliphatic rings. The third-order valence-electron chi connectivity index (χ3n) is 2.60. The van der Waals surface area contributed by atoms with Crippen molar-refractivity contribution in [2.45, 2.75) is 20.3 Å². The first-order valence-electron chi connectivity index (χ1n) is 5.97. The van der Waals surface area contributed by atoms with E-state index in [9.17, 15) is 0 Å². The molecule has 17 heavy (non-hydrogen) atoms. The lowest BCUT2D eigenvalue weighted by atomic mass is 10.2. The topological polar surface area (TPSA) is 49.8 Å². The summed E-state index contributed by atoms with van der Waals surface area (Å²) in [4.78, 5) is 8.55. The summed E-state index contributed by atoms with van der Waals surface area (Å²) in [5.41, 5.74) is 1.16. The molecule has 0 radical (unpaired) electrons. The first-order chi connectivity index (χ1) is 8.22. The molecule has 1 aromatic rings. The number of hydrogen-bond acceptors (Lipinski definition) is 5. The van der Waals surface area contributed by atoms with Crippen LogP contribution in [0.2, 0.25) is 0 Å². The zero-order chi connectivity index (χ0) is 12.7. The fourth-order valence-electron chi connectivity index (χ4n) is 1.73. The molecule has 1 unspecified atom stereocenters. The average Bonchev–Trinajstić information content (AvgIpc) is 2.36. The van der Waals surface area contributed by atoms with Gasteiger partial charge in [-0.3, -0.25) is 0 Å². The van der Waals surface area contributed by atoms with Gasteiger partial charge in [0.05, 0.1) is 0 Å². The number of nitrogens with one attached hydrogen (secondary N) is 2. The van der Waals surface area contributed by atoms with Crippen LogP contribution in [-0.2, 0) is 6.42 Å². The minimum absolute atomic E-state index is 0.641. The largest absolute Gasteiger partial charge is 0.373 e. The van der Waals surface area contributed by atoms with E-state index in [1.165, 1.54) is 5.75 Å². The number of anilines is 2. The molecule has 1 rings (SSSR count). The summed E-state index contributed by atoms with van der Waals surface area (Å²) in [6, 6.07) is 0. The highest BCUT2D eigenvalue weighted by atomic mass is 32.2. The van der Waals surface area contributed by atoms with E-state index >= 15 is 0 Å². The smallest absolute Gasteiger partial charge is 0.134 e. The van der Waals surface area contributed by atoms with Gasteiger partial charge in [0, 0.05) is 19.2 Å². The van der Waals surface area contributed by atoms with Crippen LogP contribution in [0.1, 0.15) is 19.4 Å². The van der Waals surface area contributed by atoms with Crippen LogP contribution in [0.15, 0.2) is 6.33 Å². The van der Waals surface area contributed by atoms with Crippen LogP contribution < -0.4 is 10.6 Å². The van der Waals surface area contributed by atoms with Gasteiger partial charge < -0.3 is 10.6 Å². The van der Waals surface area contributed by atoms with E-state index in [-0.39, 0.29) is 0 Å². The second kappa shape index (κ2) is 7.37. The molecule has 1 aromatic heterocycles. The highest BCUT2D eigenvalue weighted by molar-refractivity contribution is 7.98. The van der Waals surface area contributed by atoms with E-state index < -0.39 is 0 Å². The highest BCUT2D eigenvalue weighted by Gasteiger charge is 2.09. The first-order valence-corrected chi connectivity index (χ1v) is 7.36. The summed E-state index contributed by atoms with van der Waals surface area (Å²) in [6.45, 7) is 5.32. The molecule has 0 bridgehead atoms. The van der Waals surface area contributed by atoms with Crippen molar-refractivity contribution in [1.82, 2.24) is 9.97 Å². The van der Waals surface area contributed by atoms with Crippen LogP contribution in [0, 0.1) is 5.92 Å². The summed E-state index contributed by atoms with van der Waals surface area (Å²) in [7, 11) is 1.89. The molecule has 0 aliphatic carbocycles.